The molecule has 32 heavy (non-hydrogen) atoms. The van der Waals surface area contributed by atoms with Crippen LogP contribution in [0.1, 0.15) is 67.7 Å². The molecule has 3 aromatic carbocycles. The standard InChI is InChI=1S/C31H33F/c1-3-5-23-6-8-24(9-7-23)10-11-25-12-14-26(15-13-25)16-17-27-18-21-30-29(22-27)20-19-28(4-2)31(30)32/h3,12-15,18-24H,1,4-11H2,2H3. The van der Waals surface area contributed by atoms with Crippen molar-refractivity contribution in [3.8, 4) is 11.8 Å². The quantitative estimate of drug-likeness (QED) is 0.276. The summed E-state index contributed by atoms with van der Waals surface area (Å²) in [5, 5.41) is 1.58. The molecular formula is C31H33F. The molecule has 1 heteroatoms. The van der Waals surface area contributed by atoms with Gasteiger partial charge in [0.2, 0.25) is 0 Å². The van der Waals surface area contributed by atoms with Gasteiger partial charge in [-0.25, -0.2) is 4.39 Å². The maximum Gasteiger partial charge on any atom is 0.134 e. The largest absolute Gasteiger partial charge is 0.206 e. The zero-order valence-corrected chi connectivity index (χ0v) is 19.2. The highest BCUT2D eigenvalue weighted by atomic mass is 19.1. The minimum atomic E-state index is -0.107. The summed E-state index contributed by atoms with van der Waals surface area (Å²) in [5.74, 6) is 8.14. The summed E-state index contributed by atoms with van der Waals surface area (Å²) in [7, 11) is 0. The number of aryl methyl sites for hydroxylation is 2. The van der Waals surface area contributed by atoms with Crippen LogP contribution in [0.15, 0.2) is 67.3 Å². The Labute approximate surface area is 192 Å². The molecule has 0 atom stereocenters. The lowest BCUT2D eigenvalue weighted by atomic mass is 9.78. The first-order valence-corrected chi connectivity index (χ1v) is 12.1. The van der Waals surface area contributed by atoms with Gasteiger partial charge in [-0.1, -0.05) is 68.0 Å². The predicted octanol–water partition coefficient (Wildman–Crippen LogP) is 8.26. The lowest BCUT2D eigenvalue weighted by Gasteiger charge is -2.27. The van der Waals surface area contributed by atoms with Gasteiger partial charge in [0.15, 0.2) is 0 Å². The van der Waals surface area contributed by atoms with Gasteiger partial charge in [0.1, 0.15) is 5.82 Å². The molecule has 0 radical (unpaired) electrons. The Bertz CT molecular complexity index is 1120. The highest BCUT2D eigenvalue weighted by Crippen LogP contribution is 2.33. The number of benzene rings is 3. The number of hydrogen-bond donors (Lipinski definition) is 0. The Morgan fingerprint density at radius 1 is 0.906 bits per heavy atom. The molecule has 3 aromatic rings. The third-order valence-corrected chi connectivity index (χ3v) is 7.03. The van der Waals surface area contributed by atoms with Crippen molar-refractivity contribution in [2.24, 2.45) is 11.8 Å². The van der Waals surface area contributed by atoms with E-state index in [1.807, 2.05) is 37.3 Å². The highest BCUT2D eigenvalue weighted by Gasteiger charge is 2.19. The maximum atomic E-state index is 14.5. The molecule has 0 aromatic heterocycles. The fourth-order valence-electron chi connectivity index (χ4n) is 4.95. The summed E-state index contributed by atoms with van der Waals surface area (Å²) in [5.41, 5.74) is 4.09. The van der Waals surface area contributed by atoms with Crippen molar-refractivity contribution in [3.63, 3.8) is 0 Å². The summed E-state index contributed by atoms with van der Waals surface area (Å²) in [6.07, 6.45) is 11.9. The fraction of sp³-hybridized carbons (Fsp3) is 0.355. The van der Waals surface area contributed by atoms with Gasteiger partial charge in [0.25, 0.3) is 0 Å². The van der Waals surface area contributed by atoms with Crippen LogP contribution in [-0.2, 0) is 12.8 Å². The van der Waals surface area contributed by atoms with Crippen LogP contribution in [0, 0.1) is 29.5 Å². The Morgan fingerprint density at radius 3 is 2.31 bits per heavy atom. The number of hydrogen-bond acceptors (Lipinski definition) is 0. The summed E-state index contributed by atoms with van der Waals surface area (Å²) in [6, 6.07) is 18.3. The lowest BCUT2D eigenvalue weighted by molar-refractivity contribution is 0.265. The first kappa shape index (κ1) is 22.3. The molecule has 1 fully saturated rings. The molecule has 164 valence electrons. The lowest BCUT2D eigenvalue weighted by Crippen LogP contribution is -2.14. The molecule has 0 nitrogen and oxygen atoms in total. The predicted molar refractivity (Wildman–Crippen MR) is 134 cm³/mol. The van der Waals surface area contributed by atoms with E-state index in [1.54, 1.807) is 0 Å². The average molecular weight is 425 g/mol. The van der Waals surface area contributed by atoms with Gasteiger partial charge in [0, 0.05) is 16.5 Å². The third-order valence-electron chi connectivity index (χ3n) is 7.03. The van der Waals surface area contributed by atoms with E-state index in [4.69, 9.17) is 0 Å². The first-order valence-electron chi connectivity index (χ1n) is 12.1. The van der Waals surface area contributed by atoms with E-state index in [-0.39, 0.29) is 5.82 Å². The Hall–Kier alpha value is -2.85. The molecule has 1 aliphatic carbocycles. The van der Waals surface area contributed by atoms with Gasteiger partial charge >= 0.3 is 0 Å². The molecule has 0 unspecified atom stereocenters. The second kappa shape index (κ2) is 10.6. The van der Waals surface area contributed by atoms with Gasteiger partial charge in [0.05, 0.1) is 0 Å². The number of allylic oxidation sites excluding steroid dienone is 1. The van der Waals surface area contributed by atoms with E-state index in [9.17, 15) is 4.39 Å². The molecule has 4 rings (SSSR count). The van der Waals surface area contributed by atoms with Gasteiger partial charge in [-0.3, -0.25) is 0 Å². The molecule has 0 aliphatic heterocycles. The minimum absolute atomic E-state index is 0.107. The van der Waals surface area contributed by atoms with Crippen molar-refractivity contribution in [1.82, 2.24) is 0 Å². The average Bonchev–Trinajstić information content (AvgIpc) is 2.83. The normalized spacial score (nSPS) is 18.2. The molecule has 0 bridgehead atoms. The van der Waals surface area contributed by atoms with Gasteiger partial charge in [-0.05, 0) is 91.1 Å². The summed E-state index contributed by atoms with van der Waals surface area (Å²) in [6.45, 7) is 5.86. The highest BCUT2D eigenvalue weighted by molar-refractivity contribution is 5.85. The van der Waals surface area contributed by atoms with E-state index in [0.29, 0.717) is 11.8 Å². The van der Waals surface area contributed by atoms with Crippen LogP contribution in [0.25, 0.3) is 10.8 Å². The smallest absolute Gasteiger partial charge is 0.134 e. The first-order chi connectivity index (χ1) is 15.7. The van der Waals surface area contributed by atoms with Crippen molar-refractivity contribution in [1.29, 1.82) is 0 Å². The van der Waals surface area contributed by atoms with Crippen LogP contribution < -0.4 is 0 Å². The van der Waals surface area contributed by atoms with Gasteiger partial charge in [-0.2, -0.15) is 0 Å². The van der Waals surface area contributed by atoms with Crippen molar-refractivity contribution in [3.05, 3.63) is 95.3 Å². The summed E-state index contributed by atoms with van der Waals surface area (Å²) in [4.78, 5) is 0. The van der Waals surface area contributed by atoms with E-state index in [1.165, 1.54) is 44.1 Å². The van der Waals surface area contributed by atoms with Crippen LogP contribution in [0.5, 0.6) is 0 Å². The molecule has 0 amide bonds. The Morgan fingerprint density at radius 2 is 1.59 bits per heavy atom. The van der Waals surface area contributed by atoms with Crippen molar-refractivity contribution in [2.75, 3.05) is 0 Å². The maximum absolute atomic E-state index is 14.5. The van der Waals surface area contributed by atoms with Gasteiger partial charge in [-0.15, -0.1) is 6.58 Å². The third kappa shape index (κ3) is 5.49. The van der Waals surface area contributed by atoms with E-state index >= 15 is 0 Å². The van der Waals surface area contributed by atoms with Crippen molar-refractivity contribution < 1.29 is 4.39 Å². The zero-order chi connectivity index (χ0) is 22.3. The Kier molecular flexibility index (Phi) is 7.43. The molecule has 1 aliphatic rings. The minimum Gasteiger partial charge on any atom is -0.206 e. The van der Waals surface area contributed by atoms with Crippen LogP contribution >= 0.6 is 0 Å². The summed E-state index contributed by atoms with van der Waals surface area (Å²) < 4.78 is 14.5. The fourth-order valence-corrected chi connectivity index (χ4v) is 4.95. The van der Waals surface area contributed by atoms with Gasteiger partial charge < -0.3 is 0 Å². The SMILES string of the molecule is C=CCC1CCC(CCc2ccc(C#Cc3ccc4c(F)c(CC)ccc4c3)cc2)CC1. The second-order valence-electron chi connectivity index (χ2n) is 9.22. The van der Waals surface area contributed by atoms with Crippen LogP contribution in [-0.4, -0.2) is 0 Å². The number of rotatable bonds is 6. The van der Waals surface area contributed by atoms with Crippen LogP contribution in [0.4, 0.5) is 4.39 Å². The van der Waals surface area contributed by atoms with Crippen molar-refractivity contribution >= 4 is 10.8 Å². The van der Waals surface area contributed by atoms with Crippen molar-refractivity contribution in [2.45, 2.75) is 58.3 Å². The zero-order valence-electron chi connectivity index (χ0n) is 19.2. The number of halogens is 1. The molecule has 0 spiro atoms. The Balaban J connectivity index is 1.35. The molecular weight excluding hydrogens is 391 g/mol. The number of fused-ring (bicyclic) bond motifs is 1. The molecule has 0 N–H and O–H groups in total. The van der Waals surface area contributed by atoms with E-state index in [0.717, 1.165) is 40.3 Å². The monoisotopic (exact) mass is 424 g/mol. The van der Waals surface area contributed by atoms with E-state index in [2.05, 4.69) is 48.8 Å². The summed E-state index contributed by atoms with van der Waals surface area (Å²) >= 11 is 0. The molecule has 0 heterocycles. The second-order valence-corrected chi connectivity index (χ2v) is 9.22. The molecule has 0 saturated heterocycles. The topological polar surface area (TPSA) is 0 Å². The van der Waals surface area contributed by atoms with Crippen LogP contribution in [0.2, 0.25) is 0 Å². The van der Waals surface area contributed by atoms with Crippen LogP contribution in [0.3, 0.4) is 0 Å². The van der Waals surface area contributed by atoms with E-state index < -0.39 is 0 Å². The molecule has 1 saturated carbocycles.